The van der Waals surface area contributed by atoms with Crippen LogP contribution in [0.1, 0.15) is 31.6 Å². The zero-order chi connectivity index (χ0) is 15.4. The molecule has 0 unspecified atom stereocenters. The minimum absolute atomic E-state index is 0.112. The summed E-state index contributed by atoms with van der Waals surface area (Å²) in [4.78, 5) is 16.5. The summed E-state index contributed by atoms with van der Waals surface area (Å²) >= 11 is 1.29. The molecule has 1 aromatic carbocycles. The highest BCUT2D eigenvalue weighted by Crippen LogP contribution is 2.33. The number of nitrogens with zero attached hydrogens (tertiary/aromatic N) is 2. The van der Waals surface area contributed by atoms with E-state index in [0.717, 1.165) is 0 Å². The Hall–Kier alpha value is -1.62. The quantitative estimate of drug-likeness (QED) is 0.786. The second-order valence-electron chi connectivity index (χ2n) is 5.37. The van der Waals surface area contributed by atoms with E-state index in [2.05, 4.69) is 18.8 Å². The molecule has 1 heterocycles. The van der Waals surface area contributed by atoms with Crippen LogP contribution in [0.5, 0.6) is 0 Å². The first-order chi connectivity index (χ1) is 9.99. The molecule has 0 spiro atoms. The summed E-state index contributed by atoms with van der Waals surface area (Å²) in [6.07, 6.45) is 3.32. The van der Waals surface area contributed by atoms with Gasteiger partial charge in [-0.2, -0.15) is 0 Å². The number of hydrogen-bond donors (Lipinski definition) is 0. The van der Waals surface area contributed by atoms with Gasteiger partial charge in [-0.15, -0.1) is 0 Å². The van der Waals surface area contributed by atoms with Gasteiger partial charge in [0.2, 0.25) is 0 Å². The van der Waals surface area contributed by atoms with Gasteiger partial charge in [0, 0.05) is 29.8 Å². The van der Waals surface area contributed by atoms with Crippen molar-refractivity contribution in [3.05, 3.63) is 58.4 Å². The molecule has 1 atom stereocenters. The summed E-state index contributed by atoms with van der Waals surface area (Å²) in [5.74, 6) is 0.128. The lowest BCUT2D eigenvalue weighted by molar-refractivity contribution is 0.502. The Balaban J connectivity index is 2.24. The number of rotatable bonds is 5. The largest absolute Gasteiger partial charge is 0.311 e. The zero-order valence-electron chi connectivity index (χ0n) is 12.4. The maximum absolute atomic E-state index is 13.8. The van der Waals surface area contributed by atoms with Gasteiger partial charge in [-0.1, -0.05) is 43.8 Å². The Kier molecular flexibility index (Phi) is 5.17. The molecule has 0 aliphatic heterocycles. The van der Waals surface area contributed by atoms with Gasteiger partial charge in [-0.05, 0) is 18.9 Å². The number of aromatic nitrogens is 2. The average molecular weight is 306 g/mol. The maximum Gasteiger partial charge on any atom is 0.283 e. The number of halogens is 1. The molecule has 0 amide bonds. The molecular formula is C16H19FN2OS. The molecule has 0 aliphatic rings. The van der Waals surface area contributed by atoms with Crippen molar-refractivity contribution in [2.24, 2.45) is 5.92 Å². The van der Waals surface area contributed by atoms with Crippen LogP contribution in [0.4, 0.5) is 4.39 Å². The highest BCUT2D eigenvalue weighted by atomic mass is 32.2. The lowest BCUT2D eigenvalue weighted by Crippen LogP contribution is -2.24. The Bertz CT molecular complexity index is 669. The minimum atomic E-state index is -0.254. The second kappa shape index (κ2) is 6.89. The van der Waals surface area contributed by atoms with Crippen molar-refractivity contribution in [3.63, 3.8) is 0 Å². The molecule has 0 saturated carbocycles. The van der Waals surface area contributed by atoms with Crippen LogP contribution in [0.3, 0.4) is 0 Å². The zero-order valence-corrected chi connectivity index (χ0v) is 13.2. The smallest absolute Gasteiger partial charge is 0.283 e. The number of thioether (sulfide) groups is 1. The molecule has 3 nitrogen and oxygen atoms in total. The van der Waals surface area contributed by atoms with Gasteiger partial charge in [0.25, 0.3) is 5.56 Å². The van der Waals surface area contributed by atoms with Gasteiger partial charge in [0.1, 0.15) is 5.82 Å². The Morgan fingerprint density at radius 2 is 2.00 bits per heavy atom. The monoisotopic (exact) mass is 306 g/mol. The summed E-state index contributed by atoms with van der Waals surface area (Å²) in [7, 11) is 0. The molecule has 2 rings (SSSR count). The van der Waals surface area contributed by atoms with Crippen molar-refractivity contribution in [3.8, 4) is 0 Å². The van der Waals surface area contributed by atoms with E-state index >= 15 is 0 Å². The van der Waals surface area contributed by atoms with Crippen molar-refractivity contribution >= 4 is 11.8 Å². The molecule has 0 N–H and O–H groups in total. The SMILES string of the molecule is CC(C)Cn1ccnc(S[C@H](C)c2ccccc2F)c1=O. The van der Waals surface area contributed by atoms with Gasteiger partial charge in [-0.3, -0.25) is 4.79 Å². The Morgan fingerprint density at radius 1 is 1.29 bits per heavy atom. The van der Waals surface area contributed by atoms with E-state index in [0.29, 0.717) is 23.1 Å². The summed E-state index contributed by atoms with van der Waals surface area (Å²) in [6, 6.07) is 6.63. The van der Waals surface area contributed by atoms with Crippen LogP contribution in [-0.2, 0) is 6.54 Å². The van der Waals surface area contributed by atoms with Crippen LogP contribution in [0, 0.1) is 11.7 Å². The van der Waals surface area contributed by atoms with Crippen molar-refractivity contribution in [2.75, 3.05) is 0 Å². The molecule has 21 heavy (non-hydrogen) atoms. The van der Waals surface area contributed by atoms with E-state index in [1.807, 2.05) is 6.92 Å². The summed E-state index contributed by atoms with van der Waals surface area (Å²) < 4.78 is 15.4. The average Bonchev–Trinajstić information content (AvgIpc) is 2.43. The third-order valence-corrected chi connectivity index (χ3v) is 4.19. The minimum Gasteiger partial charge on any atom is -0.311 e. The fourth-order valence-corrected chi connectivity index (χ4v) is 3.07. The topological polar surface area (TPSA) is 34.9 Å². The highest BCUT2D eigenvalue weighted by Gasteiger charge is 2.15. The van der Waals surface area contributed by atoms with E-state index < -0.39 is 0 Å². The van der Waals surface area contributed by atoms with Crippen LogP contribution in [0.2, 0.25) is 0 Å². The van der Waals surface area contributed by atoms with Gasteiger partial charge in [0.05, 0.1) is 0 Å². The van der Waals surface area contributed by atoms with E-state index in [1.54, 1.807) is 35.2 Å². The summed E-state index contributed by atoms with van der Waals surface area (Å²) in [5.41, 5.74) is 0.474. The normalized spacial score (nSPS) is 12.6. The first-order valence-corrected chi connectivity index (χ1v) is 7.83. The van der Waals surface area contributed by atoms with E-state index in [4.69, 9.17) is 0 Å². The molecule has 0 aliphatic carbocycles. The third kappa shape index (κ3) is 3.94. The maximum atomic E-state index is 13.8. The predicted molar refractivity (Wildman–Crippen MR) is 84.0 cm³/mol. The van der Waals surface area contributed by atoms with Crippen molar-refractivity contribution in [1.29, 1.82) is 0 Å². The highest BCUT2D eigenvalue weighted by molar-refractivity contribution is 7.99. The summed E-state index contributed by atoms with van der Waals surface area (Å²) in [5, 5.41) is 0.246. The van der Waals surface area contributed by atoms with Gasteiger partial charge in [0.15, 0.2) is 5.03 Å². The molecule has 0 radical (unpaired) electrons. The Labute approximate surface area is 128 Å². The number of hydrogen-bond acceptors (Lipinski definition) is 3. The van der Waals surface area contributed by atoms with E-state index in [1.165, 1.54) is 17.8 Å². The molecular weight excluding hydrogens is 287 g/mol. The molecule has 112 valence electrons. The standard InChI is InChI=1S/C16H19FN2OS/c1-11(2)10-19-9-8-18-15(16(19)20)21-12(3)13-6-4-5-7-14(13)17/h4-9,11-12H,10H2,1-3H3/t12-/m1/s1. The van der Waals surface area contributed by atoms with E-state index in [-0.39, 0.29) is 16.6 Å². The first-order valence-electron chi connectivity index (χ1n) is 6.95. The van der Waals surface area contributed by atoms with Crippen LogP contribution in [0.15, 0.2) is 46.5 Å². The van der Waals surface area contributed by atoms with E-state index in [9.17, 15) is 9.18 Å². The van der Waals surface area contributed by atoms with Gasteiger partial charge in [-0.25, -0.2) is 9.37 Å². The molecule has 0 saturated heterocycles. The number of benzene rings is 1. The fraction of sp³-hybridized carbons (Fsp3) is 0.375. The molecule has 0 fully saturated rings. The van der Waals surface area contributed by atoms with Gasteiger partial charge < -0.3 is 4.57 Å². The van der Waals surface area contributed by atoms with Crippen molar-refractivity contribution in [2.45, 2.75) is 37.6 Å². The van der Waals surface area contributed by atoms with Crippen molar-refractivity contribution < 1.29 is 4.39 Å². The lowest BCUT2D eigenvalue weighted by atomic mass is 10.1. The first kappa shape index (κ1) is 15.8. The molecule has 0 bridgehead atoms. The van der Waals surface area contributed by atoms with Gasteiger partial charge >= 0.3 is 0 Å². The lowest BCUT2D eigenvalue weighted by Gasteiger charge is -2.13. The molecule has 5 heteroatoms. The third-order valence-electron chi connectivity index (χ3n) is 3.08. The van der Waals surface area contributed by atoms with Crippen LogP contribution in [0.25, 0.3) is 0 Å². The van der Waals surface area contributed by atoms with Crippen molar-refractivity contribution in [1.82, 2.24) is 9.55 Å². The molecule has 2 aromatic rings. The Morgan fingerprint density at radius 3 is 2.67 bits per heavy atom. The van der Waals surface area contributed by atoms with Crippen LogP contribution >= 0.6 is 11.8 Å². The fourth-order valence-electron chi connectivity index (χ4n) is 2.08. The molecule has 1 aromatic heterocycles. The second-order valence-corrected chi connectivity index (χ2v) is 6.69. The van der Waals surface area contributed by atoms with Crippen LogP contribution < -0.4 is 5.56 Å². The summed E-state index contributed by atoms with van der Waals surface area (Å²) in [6.45, 7) is 6.65. The predicted octanol–water partition coefficient (Wildman–Crippen LogP) is 3.89. The van der Waals surface area contributed by atoms with Crippen LogP contribution in [-0.4, -0.2) is 9.55 Å².